The third-order valence-electron chi connectivity index (χ3n) is 13.4. The number of rotatable bonds is 37. The van der Waals surface area contributed by atoms with Crippen molar-refractivity contribution in [1.82, 2.24) is 51.1 Å². The number of nitrogens with zero attached hydrogens (tertiary/aromatic N) is 5. The van der Waals surface area contributed by atoms with Gasteiger partial charge in [0.05, 0.1) is 112 Å². The number of imide groups is 1. The van der Waals surface area contributed by atoms with E-state index in [1.807, 2.05) is 37.3 Å². The van der Waals surface area contributed by atoms with Gasteiger partial charge in [0.25, 0.3) is 11.8 Å². The molecule has 1 aliphatic rings. The van der Waals surface area contributed by atoms with Crippen molar-refractivity contribution in [2.45, 2.75) is 65.3 Å². The molecule has 2 unspecified atom stereocenters. The minimum atomic E-state index is -1.08. The highest BCUT2D eigenvalue weighted by Gasteiger charge is 2.29. The summed E-state index contributed by atoms with van der Waals surface area (Å²) in [5, 5.41) is 26.2. The molecule has 6 aromatic rings. The number of pyridine rings is 3. The van der Waals surface area contributed by atoms with E-state index in [1.54, 1.807) is 62.5 Å². The Labute approximate surface area is 526 Å². The van der Waals surface area contributed by atoms with Gasteiger partial charge in [0, 0.05) is 52.7 Å². The van der Waals surface area contributed by atoms with E-state index < -0.39 is 47.9 Å². The number of alkyl carbamates (subject to hydrolysis) is 1. The molecular formula is C61H72BrN13O15. The van der Waals surface area contributed by atoms with Gasteiger partial charge in [0.2, 0.25) is 17.7 Å². The minimum absolute atomic E-state index is 0.0453. The number of ether oxygens (including phenoxy) is 6. The molecule has 478 valence electrons. The first-order valence-electron chi connectivity index (χ1n) is 28.9. The number of urea groups is 1. The first kappa shape index (κ1) is 68.1. The molecular weight excluding hydrogens is 1230 g/mol. The normalized spacial score (nSPS) is 12.6. The maximum Gasteiger partial charge on any atom is 0.407 e. The molecule has 8 amide bonds. The highest BCUT2D eigenvalue weighted by atomic mass is 79.9. The molecule has 2 aromatic carbocycles. The fourth-order valence-electron chi connectivity index (χ4n) is 8.74. The highest BCUT2D eigenvalue weighted by Crippen LogP contribution is 2.31. The Morgan fingerprint density at radius 2 is 1.43 bits per heavy atom. The molecule has 10 N–H and O–H groups in total. The van der Waals surface area contributed by atoms with Crippen LogP contribution in [0.4, 0.5) is 21.0 Å². The highest BCUT2D eigenvalue weighted by molar-refractivity contribution is 9.10. The van der Waals surface area contributed by atoms with E-state index in [0.29, 0.717) is 86.6 Å². The van der Waals surface area contributed by atoms with Crippen molar-refractivity contribution >= 4 is 86.0 Å². The van der Waals surface area contributed by atoms with Crippen molar-refractivity contribution in [3.63, 3.8) is 0 Å². The number of carbonyl (C=O) groups excluding carboxylic acids is 7. The van der Waals surface area contributed by atoms with Gasteiger partial charge in [0.1, 0.15) is 42.6 Å². The standard InChI is InChI=1S/C61H72BrN13O15/c1-37(2)54(74-51(76)19-23-85-26-28-87-30-31-88-29-27-86-25-22-75-52(77)17-18-53(75)78)58(80)71-48(8-5-20-64-60(63)83)57(79)69-40-11-9-39(10-12-40)36-90-61(84)65-21-24-89-42-33-49-45(67-34-42)15-16-47(70-49)56-55(46-7-4-6-38(3)68-46)72-50(73-56)35-66-41-13-14-44(62)43(32-41)59(81)82/h4,6-7,9-18,32-34,37,48,54,66H,5,8,19-31,35-36H2,1-3H3,(H,65,84)(H,69,79)(H,71,80)(H,72,73)(H,74,76)(H,81,82)(H3,63,64,83). The summed E-state index contributed by atoms with van der Waals surface area (Å²) in [5.74, 6) is -2.78. The fourth-order valence-corrected chi connectivity index (χ4v) is 9.16. The van der Waals surface area contributed by atoms with Crippen LogP contribution in [0.5, 0.6) is 5.75 Å². The van der Waals surface area contributed by atoms with Crippen LogP contribution in [0.3, 0.4) is 0 Å². The van der Waals surface area contributed by atoms with E-state index in [2.05, 4.69) is 57.8 Å². The average Bonchev–Trinajstić information content (AvgIpc) is 1.63. The number of primary amides is 1. The third-order valence-corrected chi connectivity index (χ3v) is 14.0. The van der Waals surface area contributed by atoms with Gasteiger partial charge in [-0.25, -0.2) is 24.4 Å². The number of anilines is 2. The first-order valence-corrected chi connectivity index (χ1v) is 29.7. The number of aromatic amines is 1. The number of aryl methyl sites for hydroxylation is 1. The Balaban J connectivity index is 0.814. The van der Waals surface area contributed by atoms with Crippen molar-refractivity contribution in [1.29, 1.82) is 0 Å². The zero-order chi connectivity index (χ0) is 64.4. The molecule has 2 atom stereocenters. The Kier molecular flexibility index (Phi) is 26.4. The quantitative estimate of drug-likeness (QED) is 0.0179. The fraction of sp³-hybridized carbons (Fsp3) is 0.377. The number of carboxylic acids is 1. The van der Waals surface area contributed by atoms with Gasteiger partial charge in [-0.05, 0) is 102 Å². The molecule has 7 rings (SSSR count). The molecule has 0 aliphatic carbocycles. The number of nitrogens with one attached hydrogen (secondary N) is 7. The van der Waals surface area contributed by atoms with Crippen LogP contribution in [0.15, 0.2) is 102 Å². The van der Waals surface area contributed by atoms with Gasteiger partial charge in [-0.3, -0.25) is 38.8 Å². The monoisotopic (exact) mass is 1310 g/mol. The smallest absolute Gasteiger partial charge is 0.407 e. The molecule has 0 spiro atoms. The van der Waals surface area contributed by atoms with E-state index in [1.165, 1.54) is 18.2 Å². The molecule has 0 saturated carbocycles. The molecule has 90 heavy (non-hydrogen) atoms. The van der Waals surface area contributed by atoms with Crippen molar-refractivity contribution in [2.75, 3.05) is 89.7 Å². The maximum atomic E-state index is 13.7. The maximum absolute atomic E-state index is 13.7. The number of hydrogen-bond acceptors (Lipinski definition) is 19. The SMILES string of the molecule is Cc1cccc(-c2nc(CNc3ccc(Br)c(C(=O)O)c3)[nH]c2-c2ccc3ncc(OCCNC(=O)OCc4ccc(NC(=O)C(CCCNC(N)=O)NC(=O)C(NC(=O)CCOCCOCCOCCOCCN5C(=O)C=CC5=O)C(C)C)cc4)cc3n2)n1. The van der Waals surface area contributed by atoms with E-state index in [0.717, 1.165) is 10.6 Å². The second kappa shape index (κ2) is 34.9. The molecule has 0 fully saturated rings. The number of hydrogen-bond donors (Lipinski definition) is 9. The Hall–Kier alpha value is -9.42. The summed E-state index contributed by atoms with van der Waals surface area (Å²) in [6, 6.07) is 19.7. The van der Waals surface area contributed by atoms with Crippen LogP contribution in [0.2, 0.25) is 0 Å². The summed E-state index contributed by atoms with van der Waals surface area (Å²) in [5.41, 5.74) is 11.2. The van der Waals surface area contributed by atoms with E-state index in [4.69, 9.17) is 49.1 Å². The van der Waals surface area contributed by atoms with E-state index in [-0.39, 0.29) is 115 Å². The second-order valence-corrected chi connectivity index (χ2v) is 21.4. The zero-order valence-electron chi connectivity index (χ0n) is 49.8. The Morgan fingerprint density at radius 1 is 0.733 bits per heavy atom. The third kappa shape index (κ3) is 21.7. The van der Waals surface area contributed by atoms with Crippen LogP contribution in [0.25, 0.3) is 33.8 Å². The predicted octanol–water partition coefficient (Wildman–Crippen LogP) is 5.16. The van der Waals surface area contributed by atoms with Crippen molar-refractivity contribution < 1.29 is 71.9 Å². The summed E-state index contributed by atoms with van der Waals surface area (Å²) in [7, 11) is 0. The topological polar surface area (TPSA) is 381 Å². The predicted molar refractivity (Wildman–Crippen MR) is 332 cm³/mol. The number of aromatic carboxylic acids is 1. The Bertz CT molecular complexity index is 3480. The number of carboxylic acid groups (broad SMARTS) is 1. The van der Waals surface area contributed by atoms with Crippen molar-refractivity contribution in [3.05, 3.63) is 124 Å². The van der Waals surface area contributed by atoms with Gasteiger partial charge >= 0.3 is 18.1 Å². The summed E-state index contributed by atoms with van der Waals surface area (Å²) in [4.78, 5) is 123. The lowest BCUT2D eigenvalue weighted by Gasteiger charge is -2.25. The largest absolute Gasteiger partial charge is 0.490 e. The second-order valence-electron chi connectivity index (χ2n) is 20.5. The van der Waals surface area contributed by atoms with Crippen LogP contribution < -0.4 is 42.4 Å². The zero-order valence-corrected chi connectivity index (χ0v) is 51.4. The number of amides is 8. The van der Waals surface area contributed by atoms with Crippen LogP contribution in [-0.2, 0) is 60.8 Å². The number of fused-ring (bicyclic) bond motifs is 1. The lowest BCUT2D eigenvalue weighted by molar-refractivity contribution is -0.137. The van der Waals surface area contributed by atoms with Gasteiger partial charge in [-0.2, -0.15) is 0 Å². The molecule has 29 heteroatoms. The number of H-pyrrole nitrogens is 1. The molecule has 28 nitrogen and oxygen atoms in total. The number of halogens is 1. The van der Waals surface area contributed by atoms with Gasteiger partial charge in [0.15, 0.2) is 0 Å². The average molecular weight is 1310 g/mol. The van der Waals surface area contributed by atoms with Crippen LogP contribution in [0, 0.1) is 12.8 Å². The van der Waals surface area contributed by atoms with Gasteiger partial charge < -0.3 is 76.1 Å². The van der Waals surface area contributed by atoms with E-state index >= 15 is 0 Å². The minimum Gasteiger partial charge on any atom is -0.490 e. The molecule has 0 radical (unpaired) electrons. The van der Waals surface area contributed by atoms with Crippen molar-refractivity contribution in [2.24, 2.45) is 11.7 Å². The first-order chi connectivity index (χ1) is 43.4. The lowest BCUT2D eigenvalue weighted by Crippen LogP contribution is -2.54. The molecule has 0 bridgehead atoms. The summed E-state index contributed by atoms with van der Waals surface area (Å²) >= 11 is 3.28. The number of aromatic nitrogens is 5. The summed E-state index contributed by atoms with van der Waals surface area (Å²) < 4.78 is 33.7. The van der Waals surface area contributed by atoms with Crippen molar-refractivity contribution in [3.8, 4) is 28.5 Å². The number of imidazole rings is 1. The number of carbonyl (C=O) groups is 8. The van der Waals surface area contributed by atoms with Crippen LogP contribution in [0.1, 0.15) is 60.5 Å². The van der Waals surface area contributed by atoms with Gasteiger partial charge in [-0.15, -0.1) is 0 Å². The number of benzene rings is 2. The number of nitrogens with two attached hydrogens (primary N) is 1. The Morgan fingerprint density at radius 3 is 2.12 bits per heavy atom. The molecule has 1 aliphatic heterocycles. The lowest BCUT2D eigenvalue weighted by atomic mass is 10.0. The summed E-state index contributed by atoms with van der Waals surface area (Å²) in [6.07, 6.45) is 3.63. The molecule has 0 saturated heterocycles. The van der Waals surface area contributed by atoms with E-state index in [9.17, 15) is 43.5 Å². The molecule has 4 aromatic heterocycles. The van der Waals surface area contributed by atoms with Crippen LogP contribution >= 0.6 is 15.9 Å². The van der Waals surface area contributed by atoms with Crippen LogP contribution in [-0.4, -0.2) is 174 Å². The summed E-state index contributed by atoms with van der Waals surface area (Å²) in [6.45, 7) is 7.90. The molecule has 5 heterocycles. The van der Waals surface area contributed by atoms with Gasteiger partial charge in [-0.1, -0.05) is 32.0 Å².